The number of nitrogens with one attached hydrogen (secondary N) is 1. The molecule has 0 radical (unpaired) electrons. The topological polar surface area (TPSA) is 92.7 Å². The molecule has 0 aliphatic carbocycles. The quantitative estimate of drug-likeness (QED) is 0.600. The zero-order valence-electron chi connectivity index (χ0n) is 14.5. The molecule has 0 bridgehead atoms. The van der Waals surface area contributed by atoms with Crippen LogP contribution in [0.5, 0.6) is 0 Å². The maximum absolute atomic E-state index is 5.42. The van der Waals surface area contributed by atoms with Gasteiger partial charge in [-0.05, 0) is 17.7 Å². The molecule has 4 heterocycles. The molecule has 0 atom stereocenters. The average Bonchev–Trinajstić information content (AvgIpc) is 3.18. The second kappa shape index (κ2) is 6.73. The molecule has 0 spiro atoms. The molecule has 0 amide bonds. The number of aromatic nitrogens is 6. The predicted molar refractivity (Wildman–Crippen MR) is 101 cm³/mol. The van der Waals surface area contributed by atoms with Crippen molar-refractivity contribution in [3.05, 3.63) is 49.3 Å². The van der Waals surface area contributed by atoms with Crippen LogP contribution in [-0.2, 0) is 4.74 Å². The van der Waals surface area contributed by atoms with Crippen LogP contribution in [-0.4, -0.2) is 56.4 Å². The average molecular weight is 359 g/mol. The molecule has 1 fully saturated rings. The van der Waals surface area contributed by atoms with Crippen molar-refractivity contribution in [3.63, 3.8) is 0 Å². The first kappa shape index (κ1) is 15.8. The minimum Gasteiger partial charge on any atom is -0.378 e. The normalized spacial score (nSPS) is 14.6. The molecule has 27 heavy (non-hydrogen) atoms. The summed E-state index contributed by atoms with van der Waals surface area (Å²) in [4.78, 5) is 19.3. The first-order valence-electron chi connectivity index (χ1n) is 8.77. The molecule has 3 aromatic heterocycles. The van der Waals surface area contributed by atoms with E-state index in [-0.39, 0.29) is 0 Å². The summed E-state index contributed by atoms with van der Waals surface area (Å²) in [5.41, 5.74) is 4.55. The molecule has 0 unspecified atom stereocenters. The summed E-state index contributed by atoms with van der Waals surface area (Å²) in [6.45, 7) is 3.09. The SMILES string of the molecule is c1ncc(-c2ccc3[nH]nc(-c4cc(N5CCOCC5)ncn4)c3c2)cn1. The van der Waals surface area contributed by atoms with E-state index in [2.05, 4.69) is 41.1 Å². The monoisotopic (exact) mass is 359 g/mol. The predicted octanol–water partition coefficient (Wildman–Crippen LogP) is 2.31. The molecule has 1 saturated heterocycles. The summed E-state index contributed by atoms with van der Waals surface area (Å²) in [5, 5.41) is 8.59. The summed E-state index contributed by atoms with van der Waals surface area (Å²) in [7, 11) is 0. The van der Waals surface area contributed by atoms with Crippen LogP contribution < -0.4 is 4.90 Å². The van der Waals surface area contributed by atoms with Crippen molar-refractivity contribution < 1.29 is 4.74 Å². The summed E-state index contributed by atoms with van der Waals surface area (Å²) in [6, 6.07) is 8.11. The largest absolute Gasteiger partial charge is 0.378 e. The Balaban J connectivity index is 1.57. The van der Waals surface area contributed by atoms with E-state index < -0.39 is 0 Å². The molecule has 0 saturated carbocycles. The molecule has 8 nitrogen and oxygen atoms in total. The number of ether oxygens (including phenoxy) is 1. The van der Waals surface area contributed by atoms with Crippen LogP contribution >= 0.6 is 0 Å². The third-order valence-corrected chi connectivity index (χ3v) is 4.69. The fraction of sp³-hybridized carbons (Fsp3) is 0.211. The molecule has 134 valence electrons. The minimum atomic E-state index is 0.715. The molecular weight excluding hydrogens is 342 g/mol. The van der Waals surface area contributed by atoms with Crippen molar-refractivity contribution in [1.29, 1.82) is 0 Å². The number of benzene rings is 1. The Labute approximate surface area is 155 Å². The fourth-order valence-corrected chi connectivity index (χ4v) is 3.28. The Morgan fingerprint density at radius 1 is 0.926 bits per heavy atom. The standard InChI is InChI=1S/C19H17N7O/c1-2-16-15(7-13(1)14-9-20-11-21-10-14)19(25-24-16)17-8-18(23-12-22-17)26-3-5-27-6-4-26/h1-2,7-12H,3-6H2,(H,24,25). The van der Waals surface area contributed by atoms with Crippen LogP contribution in [0.25, 0.3) is 33.4 Å². The maximum atomic E-state index is 5.42. The summed E-state index contributed by atoms with van der Waals surface area (Å²) in [6.07, 6.45) is 6.72. The lowest BCUT2D eigenvalue weighted by Crippen LogP contribution is -2.36. The van der Waals surface area contributed by atoms with Gasteiger partial charge in [0.15, 0.2) is 0 Å². The number of H-pyrrole nitrogens is 1. The Kier molecular flexibility index (Phi) is 3.95. The number of nitrogens with zero attached hydrogens (tertiary/aromatic N) is 6. The number of hydrogen-bond donors (Lipinski definition) is 1. The van der Waals surface area contributed by atoms with Gasteiger partial charge < -0.3 is 9.64 Å². The zero-order valence-corrected chi connectivity index (χ0v) is 14.5. The highest BCUT2D eigenvalue weighted by Gasteiger charge is 2.16. The molecular formula is C19H17N7O. The van der Waals surface area contributed by atoms with Gasteiger partial charge in [0, 0.05) is 42.5 Å². The Hall–Kier alpha value is -3.39. The molecule has 4 aromatic rings. The Morgan fingerprint density at radius 3 is 2.63 bits per heavy atom. The third-order valence-electron chi connectivity index (χ3n) is 4.69. The van der Waals surface area contributed by atoms with Crippen LogP contribution in [0.3, 0.4) is 0 Å². The van der Waals surface area contributed by atoms with Crippen molar-refractivity contribution in [1.82, 2.24) is 30.1 Å². The van der Waals surface area contributed by atoms with Gasteiger partial charge in [0.1, 0.15) is 24.2 Å². The molecule has 1 aliphatic heterocycles. The van der Waals surface area contributed by atoms with Crippen molar-refractivity contribution >= 4 is 16.7 Å². The van der Waals surface area contributed by atoms with Gasteiger partial charge in [0.05, 0.1) is 24.4 Å². The summed E-state index contributed by atoms with van der Waals surface area (Å²) < 4.78 is 5.42. The smallest absolute Gasteiger partial charge is 0.132 e. The molecule has 5 rings (SSSR count). The van der Waals surface area contributed by atoms with E-state index in [9.17, 15) is 0 Å². The number of anilines is 1. The van der Waals surface area contributed by atoms with Crippen molar-refractivity contribution in [2.75, 3.05) is 31.2 Å². The van der Waals surface area contributed by atoms with Gasteiger partial charge in [-0.15, -0.1) is 0 Å². The highest BCUT2D eigenvalue weighted by atomic mass is 16.5. The number of morpholine rings is 1. The maximum Gasteiger partial charge on any atom is 0.132 e. The first-order valence-corrected chi connectivity index (χ1v) is 8.77. The lowest BCUT2D eigenvalue weighted by molar-refractivity contribution is 0.122. The van der Waals surface area contributed by atoms with E-state index in [1.165, 1.54) is 6.33 Å². The van der Waals surface area contributed by atoms with E-state index in [1.807, 2.05) is 18.2 Å². The van der Waals surface area contributed by atoms with E-state index >= 15 is 0 Å². The summed E-state index contributed by atoms with van der Waals surface area (Å²) >= 11 is 0. The highest BCUT2D eigenvalue weighted by Crippen LogP contribution is 2.30. The first-order chi connectivity index (χ1) is 13.4. The molecule has 1 aliphatic rings. The van der Waals surface area contributed by atoms with Crippen LogP contribution in [0.4, 0.5) is 5.82 Å². The van der Waals surface area contributed by atoms with Crippen molar-refractivity contribution in [3.8, 4) is 22.5 Å². The molecule has 1 aromatic carbocycles. The van der Waals surface area contributed by atoms with Crippen molar-refractivity contribution in [2.45, 2.75) is 0 Å². The number of aromatic amines is 1. The Bertz CT molecular complexity index is 1070. The second-order valence-electron chi connectivity index (χ2n) is 6.32. The van der Waals surface area contributed by atoms with Gasteiger partial charge in [-0.25, -0.2) is 19.9 Å². The van der Waals surface area contributed by atoms with Crippen LogP contribution in [0, 0.1) is 0 Å². The number of hydrogen-bond acceptors (Lipinski definition) is 7. The lowest BCUT2D eigenvalue weighted by Gasteiger charge is -2.27. The van der Waals surface area contributed by atoms with Gasteiger partial charge >= 0.3 is 0 Å². The minimum absolute atomic E-state index is 0.715. The second-order valence-corrected chi connectivity index (χ2v) is 6.32. The van der Waals surface area contributed by atoms with Crippen LogP contribution in [0.1, 0.15) is 0 Å². The van der Waals surface area contributed by atoms with Gasteiger partial charge in [0.2, 0.25) is 0 Å². The van der Waals surface area contributed by atoms with E-state index in [0.717, 1.165) is 52.3 Å². The third kappa shape index (κ3) is 3.00. The lowest BCUT2D eigenvalue weighted by atomic mass is 10.0. The van der Waals surface area contributed by atoms with Gasteiger partial charge in [-0.1, -0.05) is 6.07 Å². The molecule has 1 N–H and O–H groups in total. The highest BCUT2D eigenvalue weighted by molar-refractivity contribution is 5.95. The Morgan fingerprint density at radius 2 is 1.78 bits per heavy atom. The van der Waals surface area contributed by atoms with Gasteiger partial charge in [-0.2, -0.15) is 5.10 Å². The van der Waals surface area contributed by atoms with Crippen LogP contribution in [0.15, 0.2) is 49.3 Å². The van der Waals surface area contributed by atoms with Gasteiger partial charge in [-0.3, -0.25) is 5.10 Å². The van der Waals surface area contributed by atoms with E-state index in [1.54, 1.807) is 18.7 Å². The zero-order chi connectivity index (χ0) is 18.1. The number of fused-ring (bicyclic) bond motifs is 1. The van der Waals surface area contributed by atoms with E-state index in [4.69, 9.17) is 4.74 Å². The van der Waals surface area contributed by atoms with Crippen LogP contribution in [0.2, 0.25) is 0 Å². The fourth-order valence-electron chi connectivity index (χ4n) is 3.28. The number of rotatable bonds is 3. The van der Waals surface area contributed by atoms with Gasteiger partial charge in [0.25, 0.3) is 0 Å². The summed E-state index contributed by atoms with van der Waals surface area (Å²) in [5.74, 6) is 0.895. The van der Waals surface area contributed by atoms with E-state index in [0.29, 0.717) is 13.2 Å². The van der Waals surface area contributed by atoms with Crippen molar-refractivity contribution in [2.24, 2.45) is 0 Å². The molecule has 8 heteroatoms.